The zero-order valence-corrected chi connectivity index (χ0v) is 18.1. The van der Waals surface area contributed by atoms with Crippen molar-refractivity contribution in [3.05, 3.63) is 39.9 Å². The molecule has 2 heterocycles. The van der Waals surface area contributed by atoms with Gasteiger partial charge >= 0.3 is 17.9 Å². The molecule has 6 N–H and O–H groups in total. The number of nitrogens with one attached hydrogen (secondary N) is 1. The minimum atomic E-state index is -1.30. The van der Waals surface area contributed by atoms with Gasteiger partial charge in [0.15, 0.2) is 0 Å². The highest BCUT2D eigenvalue weighted by Crippen LogP contribution is 2.25. The molecule has 0 spiro atoms. The number of piperazine rings is 1. The summed E-state index contributed by atoms with van der Waals surface area (Å²) in [6.45, 7) is 5.26. The van der Waals surface area contributed by atoms with Crippen LogP contribution in [-0.2, 0) is 16.1 Å². The summed E-state index contributed by atoms with van der Waals surface area (Å²) < 4.78 is 16.2. The van der Waals surface area contributed by atoms with E-state index in [4.69, 9.17) is 21.1 Å². The molecule has 1 aromatic heterocycles. The second kappa shape index (κ2) is 11.4. The third-order valence-corrected chi connectivity index (χ3v) is 5.16. The number of pyridine rings is 1. The molecule has 0 radical (unpaired) electrons. The van der Waals surface area contributed by atoms with E-state index >= 15 is 0 Å². The molecule has 3 rings (SSSR count). The molecule has 2 aromatic rings. The van der Waals surface area contributed by atoms with Crippen molar-refractivity contribution in [1.82, 2.24) is 9.88 Å². The van der Waals surface area contributed by atoms with Crippen LogP contribution in [0.15, 0.2) is 23.1 Å². The molecule has 0 saturated carbocycles. The summed E-state index contributed by atoms with van der Waals surface area (Å²) in [6, 6.07) is 1.75. The highest BCUT2D eigenvalue weighted by Gasteiger charge is 2.20. The van der Waals surface area contributed by atoms with Gasteiger partial charge in [-0.3, -0.25) is 14.4 Å². The van der Waals surface area contributed by atoms with Gasteiger partial charge in [0.2, 0.25) is 5.43 Å². The Morgan fingerprint density at radius 2 is 1.82 bits per heavy atom. The molecular formula is C21H27FN4O7. The first kappa shape index (κ1) is 25.7. The number of hydrogen-bond donors (Lipinski definition) is 5. The van der Waals surface area contributed by atoms with Crippen molar-refractivity contribution in [2.24, 2.45) is 5.73 Å². The summed E-state index contributed by atoms with van der Waals surface area (Å²) >= 11 is 0. The Labute approximate surface area is 188 Å². The normalized spacial score (nSPS) is 14.3. The smallest absolute Gasteiger partial charge is 0.341 e. The summed E-state index contributed by atoms with van der Waals surface area (Å²) in [5, 5.41) is 28.7. The maximum Gasteiger partial charge on any atom is 0.341 e. The molecule has 1 unspecified atom stereocenters. The topological polar surface area (TPSA) is 175 Å². The predicted octanol–water partition coefficient (Wildman–Crippen LogP) is 0.531. The fraction of sp³-hybridized carbons (Fsp3) is 0.429. The van der Waals surface area contributed by atoms with Crippen molar-refractivity contribution in [1.29, 1.82) is 0 Å². The van der Waals surface area contributed by atoms with Crippen LogP contribution in [0.3, 0.4) is 0 Å². The SMILES string of the molecule is CCn1cc(C(=O)O)c(=O)c2cc(F)c(N3CCNCC3)cc21.NC(CCC(=O)O)C(=O)O. The van der Waals surface area contributed by atoms with Crippen molar-refractivity contribution in [3.63, 3.8) is 0 Å². The van der Waals surface area contributed by atoms with Crippen LogP contribution in [0.4, 0.5) is 10.1 Å². The molecule has 33 heavy (non-hydrogen) atoms. The molecular weight excluding hydrogens is 439 g/mol. The van der Waals surface area contributed by atoms with Gasteiger partial charge in [-0.25, -0.2) is 9.18 Å². The number of aromatic carboxylic acids is 1. The number of carbonyl (C=O) groups is 3. The van der Waals surface area contributed by atoms with Crippen molar-refractivity contribution in [3.8, 4) is 0 Å². The Balaban J connectivity index is 0.000000328. The van der Waals surface area contributed by atoms with Crippen LogP contribution in [0.2, 0.25) is 0 Å². The molecule has 1 saturated heterocycles. The summed E-state index contributed by atoms with van der Waals surface area (Å²) in [7, 11) is 0. The largest absolute Gasteiger partial charge is 0.481 e. The molecule has 180 valence electrons. The van der Waals surface area contributed by atoms with Crippen LogP contribution in [-0.4, -0.2) is 70.0 Å². The average Bonchev–Trinajstić information content (AvgIpc) is 2.78. The van der Waals surface area contributed by atoms with Crippen LogP contribution in [0.5, 0.6) is 0 Å². The van der Waals surface area contributed by atoms with Crippen molar-refractivity contribution in [2.75, 3.05) is 31.1 Å². The van der Waals surface area contributed by atoms with Crippen LogP contribution < -0.4 is 21.4 Å². The predicted molar refractivity (Wildman–Crippen MR) is 118 cm³/mol. The number of fused-ring (bicyclic) bond motifs is 1. The Morgan fingerprint density at radius 1 is 1.18 bits per heavy atom. The van der Waals surface area contributed by atoms with Gasteiger partial charge in [0.05, 0.1) is 11.2 Å². The fourth-order valence-electron chi connectivity index (χ4n) is 3.36. The van der Waals surface area contributed by atoms with Crippen molar-refractivity contribution >= 4 is 34.5 Å². The van der Waals surface area contributed by atoms with Gasteiger partial charge in [-0.15, -0.1) is 0 Å². The Bertz CT molecular complexity index is 1100. The number of aliphatic carboxylic acids is 2. The van der Waals surface area contributed by atoms with Crippen LogP contribution >= 0.6 is 0 Å². The maximum absolute atomic E-state index is 14.5. The molecule has 1 atom stereocenters. The van der Waals surface area contributed by atoms with Gasteiger partial charge in [-0.05, 0) is 25.5 Å². The van der Waals surface area contributed by atoms with E-state index in [0.717, 1.165) is 19.2 Å². The molecule has 11 nitrogen and oxygen atoms in total. The third-order valence-electron chi connectivity index (χ3n) is 5.16. The summed E-state index contributed by atoms with van der Waals surface area (Å²) in [5.41, 5.74) is 5.01. The monoisotopic (exact) mass is 466 g/mol. The second-order valence-corrected chi connectivity index (χ2v) is 7.40. The van der Waals surface area contributed by atoms with Gasteiger partial charge in [-0.1, -0.05) is 0 Å². The fourth-order valence-corrected chi connectivity index (χ4v) is 3.36. The molecule has 1 aromatic carbocycles. The summed E-state index contributed by atoms with van der Waals surface area (Å²) in [4.78, 5) is 45.3. The number of nitrogens with zero attached hydrogens (tertiary/aromatic N) is 2. The zero-order valence-electron chi connectivity index (χ0n) is 18.1. The van der Waals surface area contributed by atoms with Gasteiger partial charge in [0.25, 0.3) is 0 Å². The number of carboxylic acids is 3. The third kappa shape index (κ3) is 6.49. The number of nitrogens with two attached hydrogens (primary N) is 1. The molecule has 1 aliphatic heterocycles. The number of aryl methyl sites for hydroxylation is 1. The lowest BCUT2D eigenvalue weighted by molar-refractivity contribution is -0.139. The Morgan fingerprint density at radius 3 is 2.33 bits per heavy atom. The molecule has 0 amide bonds. The van der Waals surface area contributed by atoms with E-state index in [9.17, 15) is 23.6 Å². The van der Waals surface area contributed by atoms with E-state index < -0.39 is 35.2 Å². The minimum Gasteiger partial charge on any atom is -0.481 e. The maximum atomic E-state index is 14.5. The van der Waals surface area contributed by atoms with E-state index in [1.807, 2.05) is 11.8 Å². The van der Waals surface area contributed by atoms with Crippen LogP contribution in [0.25, 0.3) is 10.9 Å². The van der Waals surface area contributed by atoms with Crippen LogP contribution in [0, 0.1) is 5.82 Å². The van der Waals surface area contributed by atoms with E-state index in [0.29, 0.717) is 30.8 Å². The zero-order chi connectivity index (χ0) is 24.7. The first-order chi connectivity index (χ1) is 15.6. The van der Waals surface area contributed by atoms with E-state index in [2.05, 4.69) is 5.32 Å². The van der Waals surface area contributed by atoms with Gasteiger partial charge in [0, 0.05) is 50.7 Å². The standard InChI is InChI=1S/C16H18FN3O3.C5H9NO4/c1-2-19-9-11(16(22)23)15(21)10-7-12(17)14(8-13(10)19)20-5-3-18-4-6-20;6-3(5(9)10)1-2-4(7)8/h7-9,18H,2-6H2,1H3,(H,22,23);3H,1-2,6H2,(H,7,8)(H,9,10). The average molecular weight is 466 g/mol. The minimum absolute atomic E-state index is 0.0231. The number of carboxylic acid groups (broad SMARTS) is 3. The van der Waals surface area contributed by atoms with Gasteiger partial charge in [0.1, 0.15) is 17.4 Å². The van der Waals surface area contributed by atoms with Gasteiger partial charge in [-0.2, -0.15) is 0 Å². The lowest BCUT2D eigenvalue weighted by atomic mass is 10.1. The second-order valence-electron chi connectivity index (χ2n) is 7.40. The quantitative estimate of drug-likeness (QED) is 0.387. The molecule has 0 aliphatic carbocycles. The van der Waals surface area contributed by atoms with E-state index in [1.54, 1.807) is 10.6 Å². The first-order valence-corrected chi connectivity index (χ1v) is 10.3. The number of aromatic nitrogens is 1. The number of halogens is 1. The Kier molecular flexibility index (Phi) is 8.88. The Hall–Kier alpha value is -3.51. The number of hydrogen-bond acceptors (Lipinski definition) is 7. The molecule has 1 aliphatic rings. The number of benzene rings is 1. The highest BCUT2D eigenvalue weighted by atomic mass is 19.1. The number of anilines is 1. The molecule has 0 bridgehead atoms. The van der Waals surface area contributed by atoms with Gasteiger partial charge < -0.3 is 35.8 Å². The summed E-state index contributed by atoms with van der Waals surface area (Å²) in [6.07, 6.45) is 1.10. The lowest BCUT2D eigenvalue weighted by Crippen LogP contribution is -2.43. The highest BCUT2D eigenvalue weighted by molar-refractivity contribution is 5.93. The van der Waals surface area contributed by atoms with Crippen molar-refractivity contribution < 1.29 is 34.1 Å². The van der Waals surface area contributed by atoms with Crippen LogP contribution in [0.1, 0.15) is 30.1 Å². The van der Waals surface area contributed by atoms with E-state index in [1.165, 1.54) is 6.20 Å². The van der Waals surface area contributed by atoms with Crippen molar-refractivity contribution in [2.45, 2.75) is 32.4 Å². The molecule has 1 fully saturated rings. The molecule has 12 heteroatoms. The van der Waals surface area contributed by atoms with E-state index in [-0.39, 0.29) is 23.8 Å². The number of rotatable bonds is 7. The lowest BCUT2D eigenvalue weighted by Gasteiger charge is -2.30. The summed E-state index contributed by atoms with van der Waals surface area (Å²) in [5.74, 6) is -4.00. The first-order valence-electron chi connectivity index (χ1n) is 10.3.